The number of rotatable bonds is 0. The average Bonchev–Trinajstić information content (AvgIpc) is 2.74. The van der Waals surface area contributed by atoms with Crippen molar-refractivity contribution in [3.8, 4) is 11.5 Å². The van der Waals surface area contributed by atoms with Crippen LogP contribution in [-0.2, 0) is 4.79 Å². The lowest BCUT2D eigenvalue weighted by molar-refractivity contribution is -0.192. The number of fused-ring (bicyclic) bond motifs is 6. The smallest absolute Gasteiger partial charge is 0.490 e. The van der Waals surface area contributed by atoms with E-state index in [4.69, 9.17) is 31.0 Å². The second-order valence-corrected chi connectivity index (χ2v) is 6.60. The summed E-state index contributed by atoms with van der Waals surface area (Å²) < 4.78 is 43.2. The van der Waals surface area contributed by atoms with Gasteiger partial charge in [0.05, 0.1) is 6.20 Å². The molecule has 0 radical (unpaired) electrons. The van der Waals surface area contributed by atoms with Gasteiger partial charge >= 0.3 is 12.1 Å². The van der Waals surface area contributed by atoms with Gasteiger partial charge in [-0.05, 0) is 24.3 Å². The number of carboxylic acid groups (broad SMARTS) is 1. The Morgan fingerprint density at radius 3 is 2.06 bits per heavy atom. The molecule has 2 aromatic carbocycles. The molecule has 8 nitrogen and oxygen atoms in total. The van der Waals surface area contributed by atoms with Gasteiger partial charge in [-0.15, -0.1) is 0 Å². The van der Waals surface area contributed by atoms with Crippen molar-refractivity contribution in [2.24, 2.45) is 0 Å². The molecule has 0 fully saturated rings. The highest BCUT2D eigenvalue weighted by molar-refractivity contribution is 6.32. The molecule has 0 unspecified atom stereocenters. The van der Waals surface area contributed by atoms with Crippen molar-refractivity contribution in [2.45, 2.75) is 6.18 Å². The largest absolute Gasteiger partial charge is 0.490 e. The van der Waals surface area contributed by atoms with Gasteiger partial charge in [0.2, 0.25) is 5.95 Å². The van der Waals surface area contributed by atoms with Crippen LogP contribution < -0.4 is 20.1 Å². The number of benzene rings is 2. The molecule has 0 saturated carbocycles. The maximum absolute atomic E-state index is 10.6. The number of hydrogen-bond donors (Lipinski definition) is 3. The fourth-order valence-corrected chi connectivity index (χ4v) is 2.57. The zero-order chi connectivity index (χ0) is 23.1. The summed E-state index contributed by atoms with van der Waals surface area (Å²) >= 11 is 6.22. The van der Waals surface area contributed by atoms with Gasteiger partial charge in [0, 0.05) is 23.5 Å². The Bertz CT molecular complexity index is 1100. The molecule has 6 bridgehead atoms. The van der Waals surface area contributed by atoms with Crippen LogP contribution in [0.5, 0.6) is 11.5 Å². The molecule has 0 aliphatic carbocycles. The summed E-state index contributed by atoms with van der Waals surface area (Å²) in [5, 5.41) is 13.9. The molecule has 168 valence electrons. The number of carbonyl (C=O) groups is 1. The van der Waals surface area contributed by atoms with Gasteiger partial charge in [-0.2, -0.15) is 18.2 Å². The van der Waals surface area contributed by atoms with Gasteiger partial charge in [-0.25, -0.2) is 9.78 Å². The van der Waals surface area contributed by atoms with Gasteiger partial charge in [-0.1, -0.05) is 23.7 Å². The fraction of sp³-hybridized carbons (Fsp3) is 0.150. The molecule has 32 heavy (non-hydrogen) atoms. The van der Waals surface area contributed by atoms with Gasteiger partial charge in [0.25, 0.3) is 0 Å². The molecule has 0 amide bonds. The Morgan fingerprint density at radius 1 is 1.00 bits per heavy atom. The number of nitrogens with one attached hydrogen (secondary N) is 2. The molecule has 0 saturated heterocycles. The van der Waals surface area contributed by atoms with Crippen molar-refractivity contribution in [3.05, 3.63) is 59.8 Å². The molecule has 2 heterocycles. The van der Waals surface area contributed by atoms with Crippen LogP contribution in [0, 0.1) is 0 Å². The van der Waals surface area contributed by atoms with E-state index < -0.39 is 12.1 Å². The summed E-state index contributed by atoms with van der Waals surface area (Å²) in [7, 11) is 0. The number of aromatic nitrogens is 2. The number of hydrogen-bond acceptors (Lipinski definition) is 7. The Labute approximate surface area is 185 Å². The minimum Gasteiger partial charge on any atom is -0.490 e. The Kier molecular flexibility index (Phi) is 7.21. The molecule has 12 heteroatoms. The molecule has 1 aromatic heterocycles. The third-order valence-corrected chi connectivity index (χ3v) is 4.07. The van der Waals surface area contributed by atoms with Crippen molar-refractivity contribution in [1.82, 2.24) is 9.97 Å². The molecule has 0 atom stereocenters. The van der Waals surface area contributed by atoms with Crippen LogP contribution in [0.4, 0.5) is 36.3 Å². The van der Waals surface area contributed by atoms with Gasteiger partial charge in [0.15, 0.2) is 5.82 Å². The standard InChI is InChI=1S/C18H15ClN4O2.C2HF3O2/c19-16-11-20-18-22-13-4-2-6-15(10-13)25-8-7-24-14-5-1-3-12(9-14)21-17(16)23-18;3-2(4,5)1(6)7/h1-6,9-11H,7-8H2,(H2,20,21,22,23);(H,6,7). The zero-order valence-corrected chi connectivity index (χ0v) is 16.9. The number of carboxylic acids is 1. The average molecular weight is 469 g/mol. The predicted molar refractivity (Wildman–Crippen MR) is 111 cm³/mol. The topological polar surface area (TPSA) is 106 Å². The summed E-state index contributed by atoms with van der Waals surface area (Å²) in [6.45, 7) is 0.882. The molecule has 0 spiro atoms. The van der Waals surface area contributed by atoms with Crippen molar-refractivity contribution in [1.29, 1.82) is 0 Å². The highest BCUT2D eigenvalue weighted by Gasteiger charge is 2.38. The number of anilines is 4. The van der Waals surface area contributed by atoms with Crippen LogP contribution in [0.15, 0.2) is 54.7 Å². The zero-order valence-electron chi connectivity index (χ0n) is 16.2. The number of nitrogens with zero attached hydrogens (tertiary/aromatic N) is 2. The Balaban J connectivity index is 0.000000360. The Hall–Kier alpha value is -3.73. The molecule has 4 rings (SSSR count). The summed E-state index contributed by atoms with van der Waals surface area (Å²) in [4.78, 5) is 17.6. The quantitative estimate of drug-likeness (QED) is 0.422. The first kappa shape index (κ1) is 22.9. The SMILES string of the molecule is Clc1cnc2nc1Nc1cccc(c1)OCCOc1cccc(c1)N2.O=C(O)C(F)(F)F. The molecule has 1 aliphatic heterocycles. The van der Waals surface area contributed by atoms with Crippen molar-refractivity contribution in [3.63, 3.8) is 0 Å². The predicted octanol–water partition coefficient (Wildman–Crippen LogP) is 5.02. The van der Waals surface area contributed by atoms with Crippen molar-refractivity contribution < 1.29 is 32.5 Å². The third-order valence-electron chi connectivity index (χ3n) is 3.79. The van der Waals surface area contributed by atoms with Crippen LogP contribution in [0.2, 0.25) is 5.02 Å². The van der Waals surface area contributed by atoms with E-state index in [2.05, 4.69) is 20.6 Å². The first-order valence-corrected chi connectivity index (χ1v) is 9.41. The van der Waals surface area contributed by atoms with Crippen LogP contribution >= 0.6 is 11.6 Å². The van der Waals surface area contributed by atoms with Gasteiger partial charge in [0.1, 0.15) is 29.7 Å². The molecule has 1 aliphatic rings. The van der Waals surface area contributed by atoms with E-state index in [0.29, 0.717) is 30.0 Å². The van der Waals surface area contributed by atoms with Crippen LogP contribution in [0.3, 0.4) is 0 Å². The van der Waals surface area contributed by atoms with E-state index in [1.54, 1.807) is 6.20 Å². The monoisotopic (exact) mass is 468 g/mol. The second kappa shape index (κ2) is 10.1. The minimum absolute atomic E-state index is 0.429. The van der Waals surface area contributed by atoms with E-state index >= 15 is 0 Å². The fourth-order valence-electron chi connectivity index (χ4n) is 2.43. The number of halogens is 4. The lowest BCUT2D eigenvalue weighted by Gasteiger charge is -2.11. The number of ether oxygens (including phenoxy) is 2. The highest BCUT2D eigenvalue weighted by Crippen LogP contribution is 2.27. The second-order valence-electron chi connectivity index (χ2n) is 6.20. The summed E-state index contributed by atoms with van der Waals surface area (Å²) in [6, 6.07) is 15.2. The third kappa shape index (κ3) is 6.64. The maximum Gasteiger partial charge on any atom is 0.490 e. The van der Waals surface area contributed by atoms with Crippen LogP contribution in [0.1, 0.15) is 0 Å². The summed E-state index contributed by atoms with van der Waals surface area (Å²) in [5.74, 6) is -0.331. The highest BCUT2D eigenvalue weighted by atomic mass is 35.5. The van der Waals surface area contributed by atoms with Gasteiger partial charge in [-0.3, -0.25) is 0 Å². The van der Waals surface area contributed by atoms with Crippen molar-refractivity contribution in [2.75, 3.05) is 23.8 Å². The van der Waals surface area contributed by atoms with E-state index in [9.17, 15) is 13.2 Å². The summed E-state index contributed by atoms with van der Waals surface area (Å²) in [6.07, 6.45) is -3.53. The maximum atomic E-state index is 10.6. The number of aliphatic carboxylic acids is 1. The molecular formula is C20H16ClF3N4O4. The molecule has 3 N–H and O–H groups in total. The van der Waals surface area contributed by atoms with Crippen LogP contribution in [0.25, 0.3) is 0 Å². The van der Waals surface area contributed by atoms with E-state index in [-0.39, 0.29) is 0 Å². The van der Waals surface area contributed by atoms with E-state index in [1.807, 2.05) is 48.5 Å². The summed E-state index contributed by atoms with van der Waals surface area (Å²) in [5.41, 5.74) is 1.64. The van der Waals surface area contributed by atoms with Crippen molar-refractivity contribution >= 4 is 40.7 Å². The normalized spacial score (nSPS) is 12.8. The van der Waals surface area contributed by atoms with E-state index in [0.717, 1.165) is 22.9 Å². The lowest BCUT2D eigenvalue weighted by atomic mass is 10.3. The number of alkyl halides is 3. The van der Waals surface area contributed by atoms with Gasteiger partial charge < -0.3 is 25.2 Å². The first-order chi connectivity index (χ1) is 15.2. The first-order valence-electron chi connectivity index (χ1n) is 9.03. The van der Waals surface area contributed by atoms with E-state index in [1.165, 1.54) is 0 Å². The molecular weight excluding hydrogens is 453 g/mol. The molecule has 3 aromatic rings. The lowest BCUT2D eigenvalue weighted by Crippen LogP contribution is -2.21. The Morgan fingerprint density at radius 2 is 1.53 bits per heavy atom. The van der Waals surface area contributed by atoms with Crippen LogP contribution in [-0.4, -0.2) is 40.4 Å². The minimum atomic E-state index is -5.08.